The third-order valence-electron chi connectivity index (χ3n) is 10.5. The van der Waals surface area contributed by atoms with E-state index in [1.54, 1.807) is 7.11 Å². The molecule has 0 bridgehead atoms. The standard InChI is InChI=1S/C9H21NO2.C9H20O.C8H19NO2.C8H19NO.C7H17NO2.C7H17NO.C7H16O.C4H11NO/c1-4-11-7-8-12-6-5-10-9(2)3;1-4-9(3)7-6-8-10-5-2;1-8(2)9-4-5-11-7-6-10-3;1-5-9(6-7-10)8(2,3)4;1-7(2)8-3-5-10-6-4-9;1-7(2,3)8(4)5-6-9;1-7(2,3)5-4-6-8;1-4(5)2-3-6/h9-10H,4-8H2,1-3H3;9H,4-8H2,1-3H3;8-9H,4-7H2,1-3H3;10H,5-7H2,1-4H3;7-9H,3-6H2,1-2H3;9H,5-6H2,1-4H3;8H,4-6H2,1-3H3;4,6H,2-3,5H2,1H3. The molecule has 2 unspecified atom stereocenters. The number of nitrogens with zero attached hydrogens (tertiary/aromatic N) is 2. The molecule has 0 aromatic heterocycles. The molecule has 0 saturated carbocycles. The van der Waals surface area contributed by atoms with Crippen LogP contribution in [0.5, 0.6) is 0 Å². The number of β-amino-alcohol motifs (C(OH)–C–C–N with tert-alkyl or cyclic N) is 2. The normalized spacial score (nSPS) is 12.1. The maximum Gasteiger partial charge on any atom is 0.0701 e. The third-order valence-corrected chi connectivity index (χ3v) is 10.5. The Morgan fingerprint density at radius 2 is 0.895 bits per heavy atom. The topological polar surface area (TPSA) is 225 Å². The van der Waals surface area contributed by atoms with Gasteiger partial charge in [-0.05, 0) is 119 Å². The molecule has 0 aromatic carbocycles. The van der Waals surface area contributed by atoms with Crippen molar-refractivity contribution in [3.8, 4) is 0 Å². The van der Waals surface area contributed by atoms with Gasteiger partial charge < -0.3 is 75.6 Å². The first-order valence-corrected chi connectivity index (χ1v) is 29.3. The zero-order valence-electron chi connectivity index (χ0n) is 54.8. The summed E-state index contributed by atoms with van der Waals surface area (Å²) in [5.41, 5.74) is 6.01. The van der Waals surface area contributed by atoms with Crippen LogP contribution in [0, 0.1) is 11.3 Å². The van der Waals surface area contributed by atoms with Crippen LogP contribution < -0.4 is 21.7 Å². The lowest BCUT2D eigenvalue weighted by Gasteiger charge is -2.33. The second kappa shape index (κ2) is 70.4. The first-order chi connectivity index (χ1) is 35.4. The van der Waals surface area contributed by atoms with Crippen molar-refractivity contribution < 1.29 is 54.0 Å². The van der Waals surface area contributed by atoms with E-state index in [1.165, 1.54) is 19.3 Å². The van der Waals surface area contributed by atoms with E-state index in [0.717, 1.165) is 91.1 Å². The summed E-state index contributed by atoms with van der Waals surface area (Å²) >= 11 is 0. The number of hydrogen-bond donors (Lipinski definition) is 9. The van der Waals surface area contributed by atoms with Gasteiger partial charge in [-0.2, -0.15) is 0 Å². The Morgan fingerprint density at radius 3 is 1.14 bits per heavy atom. The van der Waals surface area contributed by atoms with Crippen LogP contribution in [0.4, 0.5) is 0 Å². The number of aliphatic hydroxyl groups excluding tert-OH is 5. The number of rotatable bonds is 36. The van der Waals surface area contributed by atoms with E-state index in [0.29, 0.717) is 76.2 Å². The molecule has 0 rings (SSSR count). The lowest BCUT2D eigenvalue weighted by Crippen LogP contribution is -2.42. The van der Waals surface area contributed by atoms with E-state index in [9.17, 15) is 0 Å². The molecule has 0 aliphatic heterocycles. The van der Waals surface area contributed by atoms with E-state index in [2.05, 4.69) is 150 Å². The number of ether oxygens (including phenoxy) is 6. The van der Waals surface area contributed by atoms with Crippen molar-refractivity contribution in [1.29, 1.82) is 0 Å². The van der Waals surface area contributed by atoms with E-state index in [-0.39, 0.29) is 43.5 Å². The highest BCUT2D eigenvalue weighted by atomic mass is 16.5. The minimum absolute atomic E-state index is 0.113. The molecule has 0 heterocycles. The Kier molecular flexibility index (Phi) is 85.1. The fourth-order valence-corrected chi connectivity index (χ4v) is 5.30. The minimum Gasteiger partial charge on any atom is -0.396 e. The lowest BCUT2D eigenvalue weighted by atomic mass is 9.91. The second-order valence-electron chi connectivity index (χ2n) is 22.6. The van der Waals surface area contributed by atoms with Crippen LogP contribution >= 0.6 is 0 Å². The largest absolute Gasteiger partial charge is 0.396 e. The Labute approximate surface area is 473 Å². The molecule has 0 amide bonds. The van der Waals surface area contributed by atoms with Crippen LogP contribution in [0.25, 0.3) is 0 Å². The summed E-state index contributed by atoms with van der Waals surface area (Å²) < 4.78 is 30.7. The highest BCUT2D eigenvalue weighted by Crippen LogP contribution is 2.19. The van der Waals surface area contributed by atoms with Gasteiger partial charge in [0.2, 0.25) is 0 Å². The van der Waals surface area contributed by atoms with Crippen molar-refractivity contribution in [2.75, 3.05) is 159 Å². The average molecular weight is 1110 g/mol. The molecule has 76 heavy (non-hydrogen) atoms. The monoisotopic (exact) mass is 1110 g/mol. The Morgan fingerprint density at radius 1 is 0.474 bits per heavy atom. The van der Waals surface area contributed by atoms with Crippen molar-refractivity contribution in [3.63, 3.8) is 0 Å². The van der Waals surface area contributed by atoms with Gasteiger partial charge in [-0.1, -0.05) is 89.5 Å². The van der Waals surface area contributed by atoms with Crippen molar-refractivity contribution >= 4 is 0 Å². The fraction of sp³-hybridized carbons (Fsp3) is 1.00. The van der Waals surface area contributed by atoms with Gasteiger partial charge in [-0.15, -0.1) is 0 Å². The van der Waals surface area contributed by atoms with Gasteiger partial charge in [0, 0.05) is 108 Å². The summed E-state index contributed by atoms with van der Waals surface area (Å²) in [7, 11) is 3.69. The highest BCUT2D eigenvalue weighted by molar-refractivity contribution is 4.74. The van der Waals surface area contributed by atoms with Gasteiger partial charge >= 0.3 is 0 Å². The summed E-state index contributed by atoms with van der Waals surface area (Å²) in [6.07, 6.45) is 6.60. The van der Waals surface area contributed by atoms with Gasteiger partial charge in [-0.3, -0.25) is 9.80 Å². The minimum atomic E-state index is 0.113. The van der Waals surface area contributed by atoms with Gasteiger partial charge in [0.1, 0.15) is 0 Å². The lowest BCUT2D eigenvalue weighted by molar-refractivity contribution is 0.0536. The SMILES string of the molecule is CC(C)(C)CCCO.CC(C)NCCOCCO.CC(N)CCO.CCN(CCO)C(C)(C)C.CCOCCCC(C)CC.CCOCCOCCNC(C)C.CN(CCO)C(C)(C)C.COCCOCCNC(C)C. The summed E-state index contributed by atoms with van der Waals surface area (Å²) in [5, 5.41) is 51.9. The first-order valence-electron chi connectivity index (χ1n) is 29.3. The van der Waals surface area contributed by atoms with Crippen LogP contribution in [0.15, 0.2) is 0 Å². The van der Waals surface area contributed by atoms with Crippen LogP contribution in [0.1, 0.15) is 184 Å². The molecule has 0 aliphatic carbocycles. The maximum absolute atomic E-state index is 8.69. The predicted molar refractivity (Wildman–Crippen MR) is 327 cm³/mol. The molecule has 472 valence electrons. The summed E-state index contributed by atoms with van der Waals surface area (Å²) in [4.78, 5) is 4.36. The van der Waals surface area contributed by atoms with E-state index < -0.39 is 0 Å². The zero-order chi connectivity index (χ0) is 60.7. The molecular weight excluding hydrogens is 969 g/mol. The highest BCUT2D eigenvalue weighted by Gasteiger charge is 2.18. The summed E-state index contributed by atoms with van der Waals surface area (Å²) in [6.45, 7) is 59.0. The number of methoxy groups -OCH3 is 1. The van der Waals surface area contributed by atoms with Crippen molar-refractivity contribution in [2.24, 2.45) is 17.1 Å². The molecular formula is C59H140N6O11. The Hall–Kier alpha value is -0.680. The van der Waals surface area contributed by atoms with E-state index >= 15 is 0 Å². The smallest absolute Gasteiger partial charge is 0.0701 e. The van der Waals surface area contributed by atoms with Gasteiger partial charge in [-0.25, -0.2) is 0 Å². The maximum atomic E-state index is 8.69. The number of nitrogens with two attached hydrogens (primary N) is 1. The fourth-order valence-electron chi connectivity index (χ4n) is 5.30. The van der Waals surface area contributed by atoms with Crippen molar-refractivity contribution in [2.45, 2.75) is 219 Å². The number of nitrogens with one attached hydrogen (secondary N) is 3. The number of aliphatic hydroxyl groups is 5. The average Bonchev–Trinajstić information content (AvgIpc) is 3.32. The van der Waals surface area contributed by atoms with E-state index in [1.807, 2.05) is 27.8 Å². The zero-order valence-corrected chi connectivity index (χ0v) is 54.8. The van der Waals surface area contributed by atoms with Crippen LogP contribution in [0.3, 0.4) is 0 Å². The number of hydrogen-bond acceptors (Lipinski definition) is 17. The Balaban J connectivity index is -0.000000117. The van der Waals surface area contributed by atoms with Crippen LogP contribution in [0.2, 0.25) is 0 Å². The Bertz CT molecular complexity index is 987. The predicted octanol–water partition coefficient (Wildman–Crippen LogP) is 7.86. The van der Waals surface area contributed by atoms with Crippen molar-refractivity contribution in [1.82, 2.24) is 25.8 Å². The van der Waals surface area contributed by atoms with Gasteiger partial charge in [0.05, 0.1) is 72.7 Å². The second-order valence-corrected chi connectivity index (χ2v) is 22.6. The van der Waals surface area contributed by atoms with Crippen molar-refractivity contribution in [3.05, 3.63) is 0 Å². The quantitative estimate of drug-likeness (QED) is 0.0272. The van der Waals surface area contributed by atoms with Crippen LogP contribution in [-0.2, 0) is 28.4 Å². The summed E-state index contributed by atoms with van der Waals surface area (Å²) in [5.74, 6) is 0.875. The number of likely N-dealkylation sites (N-methyl/N-ethyl adjacent to an activating group) is 2. The molecule has 0 radical (unpaired) electrons. The molecule has 0 fully saturated rings. The molecule has 17 heteroatoms. The molecule has 2 atom stereocenters. The first kappa shape index (κ1) is 91.8. The third kappa shape index (κ3) is 109. The molecule has 17 nitrogen and oxygen atoms in total. The molecule has 0 spiro atoms. The molecule has 0 aliphatic rings. The molecule has 0 aromatic rings. The van der Waals surface area contributed by atoms with E-state index in [4.69, 9.17) is 59.7 Å². The van der Waals surface area contributed by atoms with Gasteiger partial charge in [0.25, 0.3) is 0 Å². The van der Waals surface area contributed by atoms with Crippen LogP contribution in [-0.4, -0.2) is 230 Å². The molecule has 10 N–H and O–H groups in total. The van der Waals surface area contributed by atoms with Gasteiger partial charge in [0.15, 0.2) is 0 Å². The summed E-state index contributed by atoms with van der Waals surface area (Å²) in [6, 6.07) is 1.74. The molecule has 0 saturated heterocycles.